The van der Waals surface area contributed by atoms with E-state index < -0.39 is 0 Å². The Hall–Kier alpha value is -2.76. The number of halogens is 1. The normalized spacial score (nSPS) is 10.9. The number of nitrogens with zero attached hydrogens (tertiary/aromatic N) is 5. The van der Waals surface area contributed by atoms with Crippen LogP contribution in [0, 0.1) is 0 Å². The third-order valence-electron chi connectivity index (χ3n) is 4.23. The number of nitrogens with one attached hydrogen (secondary N) is 1. The average Bonchev–Trinajstić information content (AvgIpc) is 3.33. The molecule has 12 heteroatoms. The lowest BCUT2D eigenvalue weighted by Gasteiger charge is -2.11. The van der Waals surface area contributed by atoms with Gasteiger partial charge in [-0.05, 0) is 18.2 Å². The topological polar surface area (TPSA) is 105 Å². The van der Waals surface area contributed by atoms with Gasteiger partial charge in [-0.15, -0.1) is 15.3 Å². The van der Waals surface area contributed by atoms with Crippen LogP contribution in [-0.2, 0) is 23.1 Å². The minimum absolute atomic E-state index is 0.116. The fourth-order valence-corrected chi connectivity index (χ4v) is 3.78. The summed E-state index contributed by atoms with van der Waals surface area (Å²) in [7, 11) is 6.49. The van der Waals surface area contributed by atoms with Crippen molar-refractivity contribution in [2.45, 2.75) is 11.7 Å². The summed E-state index contributed by atoms with van der Waals surface area (Å²) in [5, 5.41) is 16.7. The van der Waals surface area contributed by atoms with E-state index in [1.165, 1.54) is 18.9 Å². The van der Waals surface area contributed by atoms with Gasteiger partial charge in [0.25, 0.3) is 0 Å². The summed E-state index contributed by atoms with van der Waals surface area (Å²) in [6.45, 7) is 0.954. The maximum absolute atomic E-state index is 12.5. The van der Waals surface area contributed by atoms with Crippen molar-refractivity contribution in [2.24, 2.45) is 7.05 Å². The second-order valence-corrected chi connectivity index (χ2v) is 7.74. The molecule has 1 amide bonds. The van der Waals surface area contributed by atoms with Crippen LogP contribution in [-0.4, -0.2) is 64.1 Å². The summed E-state index contributed by atoms with van der Waals surface area (Å²) < 4.78 is 19.3. The van der Waals surface area contributed by atoms with Gasteiger partial charge in [-0.3, -0.25) is 14.0 Å². The molecule has 3 aromatic rings. The SMILES string of the molecule is COCCn1c(SCC(=O)Nc2cc(Cl)ccc2OC)nnc1-c1cn(C)nc1OC. The first-order chi connectivity index (χ1) is 15.0. The number of hydrogen-bond acceptors (Lipinski definition) is 8. The Labute approximate surface area is 188 Å². The minimum Gasteiger partial charge on any atom is -0.495 e. The molecule has 2 aromatic heterocycles. The van der Waals surface area contributed by atoms with Crippen molar-refractivity contribution in [1.82, 2.24) is 24.5 Å². The van der Waals surface area contributed by atoms with Crippen LogP contribution < -0.4 is 14.8 Å². The van der Waals surface area contributed by atoms with Crippen molar-refractivity contribution in [3.63, 3.8) is 0 Å². The number of benzene rings is 1. The highest BCUT2D eigenvalue weighted by Gasteiger charge is 2.21. The zero-order valence-corrected chi connectivity index (χ0v) is 19.2. The molecule has 1 aromatic carbocycles. The number of aromatic nitrogens is 5. The fraction of sp³-hybridized carbons (Fsp3) is 0.368. The predicted molar refractivity (Wildman–Crippen MR) is 118 cm³/mol. The van der Waals surface area contributed by atoms with E-state index in [1.807, 2.05) is 4.57 Å². The number of hydrogen-bond donors (Lipinski definition) is 1. The number of rotatable bonds is 10. The van der Waals surface area contributed by atoms with Crippen molar-refractivity contribution in [3.05, 3.63) is 29.4 Å². The number of aryl methyl sites for hydroxylation is 1. The summed E-state index contributed by atoms with van der Waals surface area (Å²) in [5.41, 5.74) is 1.20. The third-order valence-corrected chi connectivity index (χ3v) is 5.43. The van der Waals surface area contributed by atoms with Gasteiger partial charge in [-0.2, -0.15) is 0 Å². The van der Waals surface area contributed by atoms with Crippen LogP contribution in [0.3, 0.4) is 0 Å². The van der Waals surface area contributed by atoms with E-state index in [2.05, 4.69) is 20.6 Å². The van der Waals surface area contributed by atoms with Crippen LogP contribution in [0.15, 0.2) is 29.6 Å². The zero-order chi connectivity index (χ0) is 22.4. The highest BCUT2D eigenvalue weighted by atomic mass is 35.5. The van der Waals surface area contributed by atoms with E-state index in [4.69, 9.17) is 25.8 Å². The van der Waals surface area contributed by atoms with Gasteiger partial charge in [0, 0.05) is 25.4 Å². The molecule has 0 aliphatic rings. The molecule has 166 valence electrons. The van der Waals surface area contributed by atoms with Gasteiger partial charge in [0.1, 0.15) is 11.3 Å². The summed E-state index contributed by atoms with van der Waals surface area (Å²) in [6.07, 6.45) is 1.80. The molecule has 10 nitrogen and oxygen atoms in total. The summed E-state index contributed by atoms with van der Waals surface area (Å²) in [6, 6.07) is 5.02. The molecule has 0 saturated heterocycles. The molecule has 0 fully saturated rings. The van der Waals surface area contributed by atoms with Crippen LogP contribution in [0.1, 0.15) is 0 Å². The Morgan fingerprint density at radius 2 is 2.03 bits per heavy atom. The number of carbonyl (C=O) groups excluding carboxylic acids is 1. The Morgan fingerprint density at radius 3 is 2.74 bits per heavy atom. The molecule has 0 spiro atoms. The first-order valence-electron chi connectivity index (χ1n) is 9.23. The Bertz CT molecular complexity index is 1050. The lowest BCUT2D eigenvalue weighted by molar-refractivity contribution is -0.113. The summed E-state index contributed by atoms with van der Waals surface area (Å²) in [5.74, 6) is 1.44. The van der Waals surface area contributed by atoms with E-state index in [-0.39, 0.29) is 11.7 Å². The number of thioether (sulfide) groups is 1. The van der Waals surface area contributed by atoms with Crippen LogP contribution in [0.5, 0.6) is 11.6 Å². The number of amides is 1. The van der Waals surface area contributed by atoms with Crippen molar-refractivity contribution < 1.29 is 19.0 Å². The van der Waals surface area contributed by atoms with Gasteiger partial charge in [-0.25, -0.2) is 0 Å². The van der Waals surface area contributed by atoms with E-state index in [0.717, 1.165) is 0 Å². The molecule has 0 bridgehead atoms. The molecule has 1 N–H and O–H groups in total. The molecule has 2 heterocycles. The first kappa shape index (κ1) is 22.9. The molecular weight excluding hydrogens is 444 g/mol. The van der Waals surface area contributed by atoms with Gasteiger partial charge in [0.05, 0.1) is 38.8 Å². The molecule has 31 heavy (non-hydrogen) atoms. The first-order valence-corrected chi connectivity index (χ1v) is 10.6. The van der Waals surface area contributed by atoms with E-state index in [9.17, 15) is 4.79 Å². The van der Waals surface area contributed by atoms with Gasteiger partial charge in [0.15, 0.2) is 11.0 Å². The predicted octanol–water partition coefficient (Wildman–Crippen LogP) is 2.73. The molecule has 0 aliphatic carbocycles. The van der Waals surface area contributed by atoms with Gasteiger partial charge in [-0.1, -0.05) is 23.4 Å². The monoisotopic (exact) mass is 466 g/mol. The fourth-order valence-electron chi connectivity index (χ4n) is 2.85. The maximum atomic E-state index is 12.5. The van der Waals surface area contributed by atoms with Crippen molar-refractivity contribution in [3.8, 4) is 23.0 Å². The van der Waals surface area contributed by atoms with Gasteiger partial charge in [0.2, 0.25) is 11.8 Å². The van der Waals surface area contributed by atoms with Crippen LogP contribution in [0.2, 0.25) is 5.02 Å². The van der Waals surface area contributed by atoms with Crippen molar-refractivity contribution >= 4 is 35.0 Å². The van der Waals surface area contributed by atoms with Crippen molar-refractivity contribution in [1.29, 1.82) is 0 Å². The van der Waals surface area contributed by atoms with Crippen molar-refractivity contribution in [2.75, 3.05) is 39.0 Å². The molecule has 0 atom stereocenters. The van der Waals surface area contributed by atoms with Gasteiger partial charge < -0.3 is 19.5 Å². The maximum Gasteiger partial charge on any atom is 0.243 e. The lowest BCUT2D eigenvalue weighted by atomic mass is 10.3. The van der Waals surface area contributed by atoms with Crippen LogP contribution in [0.25, 0.3) is 11.4 Å². The number of anilines is 1. The molecule has 0 unspecified atom stereocenters. The van der Waals surface area contributed by atoms with E-state index in [1.54, 1.807) is 50.3 Å². The largest absolute Gasteiger partial charge is 0.495 e. The average molecular weight is 467 g/mol. The third kappa shape index (κ3) is 5.49. The number of methoxy groups -OCH3 is 3. The van der Waals surface area contributed by atoms with Gasteiger partial charge >= 0.3 is 0 Å². The van der Waals surface area contributed by atoms with Crippen LogP contribution >= 0.6 is 23.4 Å². The smallest absolute Gasteiger partial charge is 0.243 e. The minimum atomic E-state index is -0.229. The highest BCUT2D eigenvalue weighted by Crippen LogP contribution is 2.31. The Kier molecular flexibility index (Phi) is 7.77. The molecule has 0 saturated carbocycles. The second kappa shape index (κ2) is 10.5. The Morgan fingerprint density at radius 1 is 1.23 bits per heavy atom. The molecule has 0 radical (unpaired) electrons. The molecule has 3 rings (SSSR count). The highest BCUT2D eigenvalue weighted by molar-refractivity contribution is 7.99. The standard InChI is InChI=1S/C19H23ClN6O4S/c1-25-10-13(18(24-25)30-4)17-22-23-19(26(17)7-8-28-2)31-11-16(27)21-14-9-12(20)5-6-15(14)29-3/h5-6,9-10H,7-8,11H2,1-4H3,(H,21,27). The number of ether oxygens (including phenoxy) is 3. The Balaban J connectivity index is 1.77. The lowest BCUT2D eigenvalue weighted by Crippen LogP contribution is -2.15. The zero-order valence-electron chi connectivity index (χ0n) is 17.6. The quantitative estimate of drug-likeness (QED) is 0.455. The van der Waals surface area contributed by atoms with Crippen LogP contribution in [0.4, 0.5) is 5.69 Å². The molecule has 0 aliphatic heterocycles. The summed E-state index contributed by atoms with van der Waals surface area (Å²) in [4.78, 5) is 12.5. The number of carbonyl (C=O) groups is 1. The molecular formula is C19H23ClN6O4S. The van der Waals surface area contributed by atoms with E-state index in [0.29, 0.717) is 52.0 Å². The van der Waals surface area contributed by atoms with E-state index >= 15 is 0 Å². The second-order valence-electron chi connectivity index (χ2n) is 6.36. The summed E-state index contributed by atoms with van der Waals surface area (Å²) >= 11 is 7.28.